The van der Waals surface area contributed by atoms with Gasteiger partial charge in [-0.3, -0.25) is 4.68 Å². The highest BCUT2D eigenvalue weighted by Crippen LogP contribution is 2.33. The van der Waals surface area contributed by atoms with E-state index in [1.165, 1.54) is 17.9 Å². The fourth-order valence-electron chi connectivity index (χ4n) is 2.46. The molecule has 2 rings (SSSR count). The number of rotatable bonds is 3. The van der Waals surface area contributed by atoms with Crippen LogP contribution in [-0.2, 0) is 4.74 Å². The second-order valence-corrected chi connectivity index (χ2v) is 4.70. The molecule has 0 radical (unpaired) electrons. The molecule has 0 atom stereocenters. The highest BCUT2D eigenvalue weighted by atomic mass is 19.1. The third-order valence-corrected chi connectivity index (χ3v) is 3.40. The van der Waals surface area contributed by atoms with Gasteiger partial charge in [-0.15, -0.1) is 0 Å². The summed E-state index contributed by atoms with van der Waals surface area (Å²) < 4.78 is 20.3. The zero-order valence-corrected chi connectivity index (χ0v) is 12.4. The number of esters is 1. The number of ether oxygens (including phenoxy) is 1. The van der Waals surface area contributed by atoms with E-state index in [4.69, 9.17) is 10.5 Å². The lowest BCUT2D eigenvalue weighted by atomic mass is 10.00. The molecule has 0 fully saturated rings. The van der Waals surface area contributed by atoms with E-state index in [-0.39, 0.29) is 11.1 Å². The van der Waals surface area contributed by atoms with Crippen LogP contribution in [0.25, 0.3) is 11.1 Å². The van der Waals surface area contributed by atoms with E-state index in [2.05, 4.69) is 5.43 Å². The number of amides is 2. The van der Waals surface area contributed by atoms with Gasteiger partial charge in [0.1, 0.15) is 5.82 Å². The first-order chi connectivity index (χ1) is 10.4. The maximum Gasteiger partial charge on any atom is 0.340 e. The summed E-state index contributed by atoms with van der Waals surface area (Å²) in [5.41, 5.74) is 9.19. The van der Waals surface area contributed by atoms with Gasteiger partial charge in [0.2, 0.25) is 0 Å². The molecule has 0 saturated heterocycles. The van der Waals surface area contributed by atoms with E-state index >= 15 is 0 Å². The number of halogens is 1. The molecule has 1 heterocycles. The molecule has 0 unspecified atom stereocenters. The van der Waals surface area contributed by atoms with Gasteiger partial charge in [0, 0.05) is 16.8 Å². The molecular weight excluding hydrogens is 289 g/mol. The lowest BCUT2D eigenvalue weighted by molar-refractivity contribution is 0.0600. The number of nitrogens with two attached hydrogens (primary N) is 1. The number of benzene rings is 1. The third-order valence-electron chi connectivity index (χ3n) is 3.40. The van der Waals surface area contributed by atoms with Crippen LogP contribution in [0.1, 0.15) is 21.7 Å². The van der Waals surface area contributed by atoms with E-state index in [1.807, 2.05) is 0 Å². The lowest BCUT2D eigenvalue weighted by Gasteiger charge is -2.09. The number of primary amides is 1. The van der Waals surface area contributed by atoms with Crippen LogP contribution in [0.4, 0.5) is 9.18 Å². The molecule has 7 heteroatoms. The molecule has 0 aliphatic carbocycles. The van der Waals surface area contributed by atoms with Crippen LogP contribution in [0.3, 0.4) is 0 Å². The van der Waals surface area contributed by atoms with Gasteiger partial charge in [-0.2, -0.15) is 0 Å². The number of nitrogens with one attached hydrogen (secondary N) is 1. The van der Waals surface area contributed by atoms with Crippen molar-refractivity contribution in [3.8, 4) is 11.1 Å². The number of aromatic nitrogens is 1. The van der Waals surface area contributed by atoms with Gasteiger partial charge in [-0.25, -0.2) is 19.4 Å². The Bertz CT molecular complexity index is 753. The number of carbonyl (C=O) groups excluding carboxylic acids is 2. The molecule has 0 aliphatic heterocycles. The van der Waals surface area contributed by atoms with Crippen LogP contribution < -0.4 is 11.2 Å². The minimum Gasteiger partial charge on any atom is -0.465 e. The van der Waals surface area contributed by atoms with E-state index in [1.54, 1.807) is 32.0 Å². The number of nitrogens with zero attached hydrogens (tertiary/aromatic N) is 1. The Morgan fingerprint density at radius 2 is 1.86 bits per heavy atom. The molecular formula is C15H16FN3O3. The summed E-state index contributed by atoms with van der Waals surface area (Å²) in [7, 11) is 1.24. The summed E-state index contributed by atoms with van der Waals surface area (Å²) in [4.78, 5) is 23.2. The highest BCUT2D eigenvalue weighted by molar-refractivity contribution is 6.00. The van der Waals surface area contributed by atoms with Crippen LogP contribution in [-0.4, -0.2) is 23.8 Å². The molecule has 22 heavy (non-hydrogen) atoms. The highest BCUT2D eigenvalue weighted by Gasteiger charge is 2.26. The molecule has 0 saturated carbocycles. The second kappa shape index (κ2) is 5.88. The van der Waals surface area contributed by atoms with Crippen LogP contribution in [0.15, 0.2) is 24.3 Å². The first-order valence-corrected chi connectivity index (χ1v) is 6.50. The lowest BCUT2D eigenvalue weighted by Crippen LogP contribution is -2.29. The van der Waals surface area contributed by atoms with Crippen molar-refractivity contribution in [2.24, 2.45) is 5.73 Å². The second-order valence-electron chi connectivity index (χ2n) is 4.70. The van der Waals surface area contributed by atoms with Gasteiger partial charge in [-0.05, 0) is 19.9 Å². The standard InChI is InChI=1S/C15H16FN3O3/c1-8-12(10-6-4-5-7-11(10)16)13(14(20)22-3)9(2)19(8)18-15(17)21/h4-7H,1-3H3,(H3,17,18,21). The third kappa shape index (κ3) is 2.52. The summed E-state index contributed by atoms with van der Waals surface area (Å²) in [5.74, 6) is -1.10. The molecule has 116 valence electrons. The fourth-order valence-corrected chi connectivity index (χ4v) is 2.46. The van der Waals surface area contributed by atoms with Crippen LogP contribution in [0.5, 0.6) is 0 Å². The monoisotopic (exact) mass is 305 g/mol. The predicted octanol–water partition coefficient (Wildman–Crippen LogP) is 2.32. The number of hydrogen-bond donors (Lipinski definition) is 2. The van der Waals surface area contributed by atoms with E-state index < -0.39 is 17.8 Å². The van der Waals surface area contributed by atoms with Crippen LogP contribution in [0, 0.1) is 19.7 Å². The summed E-state index contributed by atoms with van der Waals surface area (Å²) in [6, 6.07) is 5.27. The number of methoxy groups -OCH3 is 1. The van der Waals surface area contributed by atoms with Crippen molar-refractivity contribution in [2.45, 2.75) is 13.8 Å². The Morgan fingerprint density at radius 1 is 1.23 bits per heavy atom. The molecule has 1 aromatic carbocycles. The normalized spacial score (nSPS) is 10.4. The topological polar surface area (TPSA) is 86.3 Å². The Balaban J connectivity index is 2.79. The quantitative estimate of drug-likeness (QED) is 0.853. The molecule has 1 aromatic heterocycles. The van der Waals surface area contributed by atoms with Crippen molar-refractivity contribution < 1.29 is 18.7 Å². The summed E-state index contributed by atoms with van der Waals surface area (Å²) in [6.45, 7) is 3.26. The predicted molar refractivity (Wildman–Crippen MR) is 79.6 cm³/mol. The maximum atomic E-state index is 14.1. The first kappa shape index (κ1) is 15.6. The Labute approximate surface area is 126 Å². The molecule has 0 bridgehead atoms. The van der Waals surface area contributed by atoms with Gasteiger partial charge < -0.3 is 10.5 Å². The Morgan fingerprint density at radius 3 is 2.41 bits per heavy atom. The Hall–Kier alpha value is -2.83. The summed E-state index contributed by atoms with van der Waals surface area (Å²) in [6.07, 6.45) is 0. The fraction of sp³-hybridized carbons (Fsp3) is 0.200. The molecule has 2 aromatic rings. The van der Waals surface area contributed by atoms with Crippen molar-refractivity contribution in [3.05, 3.63) is 47.0 Å². The van der Waals surface area contributed by atoms with Crippen molar-refractivity contribution >= 4 is 12.0 Å². The number of carbonyl (C=O) groups is 2. The molecule has 6 nitrogen and oxygen atoms in total. The van der Waals surface area contributed by atoms with Crippen LogP contribution >= 0.6 is 0 Å². The molecule has 3 N–H and O–H groups in total. The van der Waals surface area contributed by atoms with Crippen molar-refractivity contribution in [1.29, 1.82) is 0 Å². The molecule has 0 spiro atoms. The van der Waals surface area contributed by atoms with Crippen molar-refractivity contribution in [2.75, 3.05) is 12.5 Å². The Kier molecular flexibility index (Phi) is 4.16. The molecule has 0 aliphatic rings. The van der Waals surface area contributed by atoms with Gasteiger partial charge >= 0.3 is 12.0 Å². The molecule has 2 amide bonds. The average Bonchev–Trinajstić information content (AvgIpc) is 2.71. The smallest absolute Gasteiger partial charge is 0.340 e. The zero-order valence-electron chi connectivity index (χ0n) is 12.4. The average molecular weight is 305 g/mol. The van der Waals surface area contributed by atoms with E-state index in [9.17, 15) is 14.0 Å². The zero-order chi connectivity index (χ0) is 16.4. The largest absolute Gasteiger partial charge is 0.465 e. The van der Waals surface area contributed by atoms with Crippen molar-refractivity contribution in [3.63, 3.8) is 0 Å². The van der Waals surface area contributed by atoms with Crippen molar-refractivity contribution in [1.82, 2.24) is 4.68 Å². The minimum atomic E-state index is -0.794. The SMILES string of the molecule is COC(=O)c1c(-c2ccccc2F)c(C)n(NC(N)=O)c1C. The van der Waals surface area contributed by atoms with Gasteiger partial charge in [-0.1, -0.05) is 18.2 Å². The summed E-state index contributed by atoms with van der Waals surface area (Å²) in [5, 5.41) is 0. The number of hydrogen-bond acceptors (Lipinski definition) is 3. The maximum absolute atomic E-state index is 14.1. The number of urea groups is 1. The van der Waals surface area contributed by atoms with Gasteiger partial charge in [0.25, 0.3) is 0 Å². The van der Waals surface area contributed by atoms with Gasteiger partial charge in [0.15, 0.2) is 0 Å². The van der Waals surface area contributed by atoms with E-state index in [0.29, 0.717) is 17.0 Å². The minimum absolute atomic E-state index is 0.179. The van der Waals surface area contributed by atoms with Gasteiger partial charge in [0.05, 0.1) is 18.4 Å². The summed E-state index contributed by atoms with van der Waals surface area (Å²) >= 11 is 0. The van der Waals surface area contributed by atoms with E-state index in [0.717, 1.165) is 0 Å². The van der Waals surface area contributed by atoms with Crippen LogP contribution in [0.2, 0.25) is 0 Å². The first-order valence-electron chi connectivity index (χ1n) is 6.50.